The molecule has 13 heavy (non-hydrogen) atoms. The Labute approximate surface area is 76.1 Å². The third-order valence-electron chi connectivity index (χ3n) is 2.49. The summed E-state index contributed by atoms with van der Waals surface area (Å²) in [7, 11) is 0. The Hall–Kier alpha value is -1.32. The van der Waals surface area contributed by atoms with E-state index in [0.717, 1.165) is 0 Å². The van der Waals surface area contributed by atoms with Crippen LogP contribution in [0, 0.1) is 5.92 Å². The molecule has 0 spiro atoms. The molecule has 1 heterocycles. The van der Waals surface area contributed by atoms with E-state index in [1.807, 2.05) is 0 Å². The minimum atomic E-state index is -0.530. The summed E-state index contributed by atoms with van der Waals surface area (Å²) in [4.78, 5) is 14.8. The van der Waals surface area contributed by atoms with Crippen LogP contribution in [0.5, 0.6) is 0 Å². The van der Waals surface area contributed by atoms with Crippen molar-refractivity contribution in [2.75, 3.05) is 0 Å². The maximum absolute atomic E-state index is 10.7. The molecule has 0 aromatic carbocycles. The highest BCUT2D eigenvalue weighted by Gasteiger charge is 2.32. The molecule has 1 fully saturated rings. The van der Waals surface area contributed by atoms with Crippen LogP contribution in [0.3, 0.4) is 0 Å². The van der Waals surface area contributed by atoms with Crippen molar-refractivity contribution in [1.82, 2.24) is 4.98 Å². The fourth-order valence-electron chi connectivity index (χ4n) is 1.41. The Bertz CT molecular complexity index is 328. The highest BCUT2D eigenvalue weighted by atomic mass is 16.3. The minimum absolute atomic E-state index is 0.225. The molecule has 1 aromatic rings. The molecule has 4 nitrogen and oxygen atoms in total. The molecule has 2 N–H and O–H groups in total. The average molecular weight is 180 g/mol. The zero-order chi connectivity index (χ0) is 9.42. The van der Waals surface area contributed by atoms with Crippen LogP contribution in [-0.2, 0) is 0 Å². The molecular formula is C9H12N2O2. The lowest BCUT2D eigenvalue weighted by molar-refractivity contribution is 0.0995. The Morgan fingerprint density at radius 3 is 2.92 bits per heavy atom. The molecule has 2 rings (SSSR count). The summed E-state index contributed by atoms with van der Waals surface area (Å²) in [6, 6.07) is 0. The van der Waals surface area contributed by atoms with E-state index in [1.165, 1.54) is 19.1 Å². The first-order valence-electron chi connectivity index (χ1n) is 4.43. The van der Waals surface area contributed by atoms with Crippen molar-refractivity contribution in [3.8, 4) is 0 Å². The van der Waals surface area contributed by atoms with Gasteiger partial charge in [0.05, 0.1) is 0 Å². The molecule has 0 saturated heterocycles. The van der Waals surface area contributed by atoms with E-state index in [2.05, 4.69) is 11.9 Å². The van der Waals surface area contributed by atoms with Gasteiger partial charge in [0.15, 0.2) is 11.6 Å². The van der Waals surface area contributed by atoms with Gasteiger partial charge in [0.25, 0.3) is 5.91 Å². The number of nitrogens with two attached hydrogens (primary N) is 1. The lowest BCUT2D eigenvalue weighted by Crippen LogP contribution is -2.11. The molecule has 1 aliphatic rings. The van der Waals surface area contributed by atoms with E-state index in [1.54, 1.807) is 0 Å². The first-order chi connectivity index (χ1) is 6.18. The van der Waals surface area contributed by atoms with E-state index in [4.69, 9.17) is 10.2 Å². The van der Waals surface area contributed by atoms with Crippen LogP contribution in [0.25, 0.3) is 0 Å². The topological polar surface area (TPSA) is 69.1 Å². The smallest absolute Gasteiger partial charge is 0.270 e. The minimum Gasteiger partial charge on any atom is -0.448 e. The number of carbonyl (C=O) groups excluding carboxylic acids is 1. The van der Waals surface area contributed by atoms with Gasteiger partial charge in [0, 0.05) is 5.92 Å². The molecule has 1 saturated carbocycles. The van der Waals surface area contributed by atoms with Crippen molar-refractivity contribution in [3.05, 3.63) is 17.8 Å². The monoisotopic (exact) mass is 180 g/mol. The zero-order valence-electron chi connectivity index (χ0n) is 7.49. The predicted molar refractivity (Wildman–Crippen MR) is 46.2 cm³/mol. The number of hydrogen-bond donors (Lipinski definition) is 1. The number of amides is 1. The van der Waals surface area contributed by atoms with E-state index >= 15 is 0 Å². The van der Waals surface area contributed by atoms with Crippen molar-refractivity contribution in [1.29, 1.82) is 0 Å². The van der Waals surface area contributed by atoms with Crippen LogP contribution in [0.2, 0.25) is 0 Å². The largest absolute Gasteiger partial charge is 0.448 e. The molecule has 0 aliphatic heterocycles. The van der Waals surface area contributed by atoms with Crippen LogP contribution < -0.4 is 5.73 Å². The van der Waals surface area contributed by atoms with Gasteiger partial charge >= 0.3 is 0 Å². The summed E-state index contributed by atoms with van der Waals surface area (Å²) in [6.07, 6.45) is 3.79. The number of carbonyl (C=O) groups is 1. The third kappa shape index (κ3) is 1.56. The van der Waals surface area contributed by atoms with Crippen LogP contribution >= 0.6 is 0 Å². The Balaban J connectivity index is 2.16. The lowest BCUT2D eigenvalue weighted by Gasteiger charge is -2.02. The molecule has 1 aromatic heterocycles. The van der Waals surface area contributed by atoms with E-state index < -0.39 is 5.91 Å². The Morgan fingerprint density at radius 2 is 2.46 bits per heavy atom. The fourth-order valence-corrected chi connectivity index (χ4v) is 1.41. The van der Waals surface area contributed by atoms with Gasteiger partial charge < -0.3 is 10.2 Å². The number of nitrogens with zero attached hydrogens (tertiary/aromatic N) is 1. The quantitative estimate of drug-likeness (QED) is 0.761. The normalized spacial score (nSPS) is 18.5. The van der Waals surface area contributed by atoms with Gasteiger partial charge in [0.1, 0.15) is 6.26 Å². The second kappa shape index (κ2) is 2.87. The predicted octanol–water partition coefficient (Wildman–Crippen LogP) is 1.29. The van der Waals surface area contributed by atoms with Crippen molar-refractivity contribution < 1.29 is 9.21 Å². The van der Waals surface area contributed by atoms with Gasteiger partial charge in [-0.15, -0.1) is 0 Å². The molecule has 70 valence electrons. The van der Waals surface area contributed by atoms with Crippen LogP contribution in [-0.4, -0.2) is 10.9 Å². The highest BCUT2D eigenvalue weighted by molar-refractivity contribution is 5.90. The second-order valence-corrected chi connectivity index (χ2v) is 3.56. The standard InChI is InChI=1S/C9H12N2O2/c1-5(6-2-3-6)9-11-7(4-13-9)8(10)12/h4-6H,2-3H2,1H3,(H2,10,12). The molecule has 0 radical (unpaired) electrons. The van der Waals surface area contributed by atoms with Crippen molar-refractivity contribution in [2.45, 2.75) is 25.7 Å². The molecule has 1 unspecified atom stereocenters. The summed E-state index contributed by atoms with van der Waals surface area (Å²) >= 11 is 0. The maximum atomic E-state index is 10.7. The summed E-state index contributed by atoms with van der Waals surface area (Å²) in [6.45, 7) is 2.06. The number of hydrogen-bond acceptors (Lipinski definition) is 3. The second-order valence-electron chi connectivity index (χ2n) is 3.56. The Kier molecular flexibility index (Phi) is 1.83. The van der Waals surface area contributed by atoms with Crippen LogP contribution in [0.15, 0.2) is 10.7 Å². The van der Waals surface area contributed by atoms with E-state index in [9.17, 15) is 4.79 Å². The third-order valence-corrected chi connectivity index (χ3v) is 2.49. The highest BCUT2D eigenvalue weighted by Crippen LogP contribution is 2.41. The molecule has 1 atom stereocenters. The fraction of sp³-hybridized carbons (Fsp3) is 0.556. The summed E-state index contributed by atoms with van der Waals surface area (Å²) in [5.41, 5.74) is 5.28. The number of aromatic nitrogens is 1. The first-order valence-corrected chi connectivity index (χ1v) is 4.43. The summed E-state index contributed by atoms with van der Waals surface area (Å²) in [5, 5.41) is 0. The number of oxazole rings is 1. The van der Waals surface area contributed by atoms with Gasteiger partial charge in [-0.05, 0) is 18.8 Å². The van der Waals surface area contributed by atoms with Gasteiger partial charge in [-0.1, -0.05) is 6.92 Å². The van der Waals surface area contributed by atoms with E-state index in [-0.39, 0.29) is 5.69 Å². The van der Waals surface area contributed by atoms with Crippen LogP contribution in [0.4, 0.5) is 0 Å². The summed E-state index contributed by atoms with van der Waals surface area (Å²) < 4.78 is 5.18. The molecule has 1 amide bonds. The average Bonchev–Trinajstić information content (AvgIpc) is 2.81. The van der Waals surface area contributed by atoms with Gasteiger partial charge in [-0.2, -0.15) is 0 Å². The molecule has 1 aliphatic carbocycles. The SMILES string of the molecule is CC(c1nc(C(N)=O)co1)C1CC1. The van der Waals surface area contributed by atoms with E-state index in [0.29, 0.717) is 17.7 Å². The zero-order valence-corrected chi connectivity index (χ0v) is 7.49. The Morgan fingerprint density at radius 1 is 1.77 bits per heavy atom. The lowest BCUT2D eigenvalue weighted by atomic mass is 10.1. The van der Waals surface area contributed by atoms with Gasteiger partial charge in [-0.25, -0.2) is 4.98 Å². The van der Waals surface area contributed by atoms with Gasteiger partial charge in [-0.3, -0.25) is 4.79 Å². The molecule has 0 bridgehead atoms. The van der Waals surface area contributed by atoms with Gasteiger partial charge in [0.2, 0.25) is 0 Å². The molecule has 4 heteroatoms. The first kappa shape index (κ1) is 8.29. The number of primary amides is 1. The van der Waals surface area contributed by atoms with Crippen molar-refractivity contribution >= 4 is 5.91 Å². The maximum Gasteiger partial charge on any atom is 0.270 e. The number of rotatable bonds is 3. The van der Waals surface area contributed by atoms with Crippen molar-refractivity contribution in [2.24, 2.45) is 11.7 Å². The van der Waals surface area contributed by atoms with Crippen molar-refractivity contribution in [3.63, 3.8) is 0 Å². The summed E-state index contributed by atoms with van der Waals surface area (Å²) in [5.74, 6) is 1.10. The molecular weight excluding hydrogens is 168 g/mol. The van der Waals surface area contributed by atoms with Crippen LogP contribution in [0.1, 0.15) is 42.1 Å².